The lowest BCUT2D eigenvalue weighted by molar-refractivity contribution is -0.375. The highest BCUT2D eigenvalue weighted by atomic mass is 35.5. The molecule has 184 valence electrons. The lowest BCUT2D eigenvalue weighted by Crippen LogP contribution is -3.00. The molecule has 0 bridgehead atoms. The monoisotopic (exact) mass is 517 g/mol. The first-order valence-electron chi connectivity index (χ1n) is 10.7. The number of nitrogens with zero attached hydrogens (tertiary/aromatic N) is 4. The number of thiazole rings is 1. The van der Waals surface area contributed by atoms with Crippen LogP contribution in [0.4, 0.5) is 17.5 Å². The first-order valence-corrected chi connectivity index (χ1v) is 11.5. The lowest BCUT2D eigenvalue weighted by atomic mass is 10.1. The molecule has 0 radical (unpaired) electrons. The van der Waals surface area contributed by atoms with Crippen LogP contribution in [0.25, 0.3) is 20.8 Å². The van der Waals surface area contributed by atoms with Gasteiger partial charge in [0.05, 0.1) is 30.3 Å². The number of nitrogens with one attached hydrogen (secondary N) is 3. The summed E-state index contributed by atoms with van der Waals surface area (Å²) in [6, 6.07) is 4.87. The summed E-state index contributed by atoms with van der Waals surface area (Å²) in [5.74, 6) is 0.805. The molecule has 0 saturated heterocycles. The van der Waals surface area contributed by atoms with Crippen LogP contribution in [0, 0.1) is 5.92 Å². The van der Waals surface area contributed by atoms with Gasteiger partial charge in [0.25, 0.3) is 0 Å². The summed E-state index contributed by atoms with van der Waals surface area (Å²) in [4.78, 5) is 21.0. The van der Waals surface area contributed by atoms with Gasteiger partial charge in [-0.05, 0) is 12.5 Å². The minimum Gasteiger partial charge on any atom is -1.00 e. The molecule has 4 aromatic heterocycles. The molecule has 4 atom stereocenters. The number of H-pyrrole nitrogens is 1. The van der Waals surface area contributed by atoms with Crippen LogP contribution in [0.3, 0.4) is 0 Å². The van der Waals surface area contributed by atoms with Crippen LogP contribution in [0.15, 0.2) is 43.0 Å². The number of hydrogen-bond donors (Lipinski definition) is 5. The smallest absolute Gasteiger partial charge is 0.229 e. The first kappa shape index (κ1) is 24.9. The summed E-state index contributed by atoms with van der Waals surface area (Å²) in [6.45, 7) is -0.210. The molecule has 0 aromatic carbocycles. The summed E-state index contributed by atoms with van der Waals surface area (Å²) in [6.07, 6.45) is 5.28. The molecule has 4 heterocycles. The van der Waals surface area contributed by atoms with E-state index in [1.54, 1.807) is 24.5 Å². The van der Waals surface area contributed by atoms with E-state index < -0.39 is 24.2 Å². The van der Waals surface area contributed by atoms with Gasteiger partial charge in [0, 0.05) is 42.7 Å². The Labute approximate surface area is 210 Å². The summed E-state index contributed by atoms with van der Waals surface area (Å²) in [5.41, 5.74) is 2.19. The van der Waals surface area contributed by atoms with Gasteiger partial charge in [-0.25, -0.2) is 19.9 Å². The summed E-state index contributed by atoms with van der Waals surface area (Å²) in [7, 11) is 1.54. The Kier molecular flexibility index (Phi) is 7.57. The van der Waals surface area contributed by atoms with E-state index in [0.717, 1.165) is 10.2 Å². The van der Waals surface area contributed by atoms with Crippen molar-refractivity contribution in [1.29, 1.82) is 0 Å². The number of rotatable bonds is 7. The topological polar surface area (TPSA) is 160 Å². The maximum Gasteiger partial charge on any atom is 0.229 e. The van der Waals surface area contributed by atoms with E-state index in [2.05, 4.69) is 30.6 Å². The van der Waals surface area contributed by atoms with Gasteiger partial charge >= 0.3 is 0 Å². The van der Waals surface area contributed by atoms with Crippen molar-refractivity contribution in [3.8, 4) is 16.5 Å². The molecule has 0 amide bonds. The largest absolute Gasteiger partial charge is 1.00 e. The molecule has 1 aliphatic rings. The Morgan fingerprint density at radius 1 is 1.20 bits per heavy atom. The van der Waals surface area contributed by atoms with Crippen molar-refractivity contribution in [2.75, 3.05) is 24.4 Å². The van der Waals surface area contributed by atoms with E-state index in [1.165, 1.54) is 18.4 Å². The van der Waals surface area contributed by atoms with Gasteiger partial charge in [0.1, 0.15) is 21.6 Å². The highest BCUT2D eigenvalue weighted by Gasteiger charge is 2.41. The molecule has 1 fully saturated rings. The molecule has 0 aliphatic heterocycles. The second-order valence-corrected chi connectivity index (χ2v) is 9.02. The molecule has 0 spiro atoms. The number of aliphatic hydroxyl groups is 3. The normalized spacial score (nSPS) is 21.5. The Balaban J connectivity index is 0.00000289. The fourth-order valence-electron chi connectivity index (χ4n) is 3.99. The predicted molar refractivity (Wildman–Crippen MR) is 126 cm³/mol. The van der Waals surface area contributed by atoms with Crippen molar-refractivity contribution in [3.63, 3.8) is 0 Å². The molecule has 1 saturated carbocycles. The number of methoxy groups -OCH3 is 1. The van der Waals surface area contributed by atoms with E-state index in [-0.39, 0.29) is 19.0 Å². The molecule has 35 heavy (non-hydrogen) atoms. The quantitative estimate of drug-likeness (QED) is 0.190. The van der Waals surface area contributed by atoms with Gasteiger partial charge in [-0.15, -0.1) is 11.3 Å². The number of halogens is 1. The van der Waals surface area contributed by atoms with Crippen molar-refractivity contribution >= 4 is 39.0 Å². The number of ether oxygens (including phenoxy) is 1. The number of aromatic nitrogens is 5. The van der Waals surface area contributed by atoms with Crippen LogP contribution in [0.5, 0.6) is 5.88 Å². The van der Waals surface area contributed by atoms with E-state index >= 15 is 0 Å². The molecule has 13 heteroatoms. The number of aliphatic hydroxyl groups excluding tert-OH is 3. The van der Waals surface area contributed by atoms with Crippen molar-refractivity contribution < 1.29 is 37.4 Å². The van der Waals surface area contributed by atoms with E-state index in [9.17, 15) is 15.3 Å². The highest BCUT2D eigenvalue weighted by Crippen LogP contribution is 2.36. The molecule has 5 rings (SSSR count). The molecule has 11 nitrogen and oxygen atoms in total. The number of pyridine rings is 2. The van der Waals surface area contributed by atoms with Crippen molar-refractivity contribution in [3.05, 3.63) is 43.0 Å². The van der Waals surface area contributed by atoms with Crippen LogP contribution in [-0.2, 0) is 0 Å². The zero-order chi connectivity index (χ0) is 23.7. The maximum atomic E-state index is 10.5. The molecule has 1 aliphatic carbocycles. The van der Waals surface area contributed by atoms with Gasteiger partial charge in [-0.3, -0.25) is 0 Å². The Hall–Kier alpha value is -3.16. The van der Waals surface area contributed by atoms with Crippen LogP contribution in [0.2, 0.25) is 0 Å². The summed E-state index contributed by atoms with van der Waals surface area (Å²) >= 11 is 1.48. The van der Waals surface area contributed by atoms with Gasteiger partial charge in [-0.1, -0.05) is 0 Å². The van der Waals surface area contributed by atoms with Crippen LogP contribution in [0.1, 0.15) is 6.42 Å². The third-order valence-electron chi connectivity index (χ3n) is 5.81. The van der Waals surface area contributed by atoms with Crippen molar-refractivity contribution in [1.82, 2.24) is 19.9 Å². The third kappa shape index (κ3) is 5.11. The van der Waals surface area contributed by atoms with Gasteiger partial charge < -0.3 is 43.1 Å². The van der Waals surface area contributed by atoms with Crippen LogP contribution in [-0.4, -0.2) is 67.2 Å². The Morgan fingerprint density at radius 2 is 2.06 bits per heavy atom. The van der Waals surface area contributed by atoms with Crippen LogP contribution < -0.4 is 32.8 Å². The van der Waals surface area contributed by atoms with E-state index in [0.29, 0.717) is 40.3 Å². The number of hydrogen-bond acceptors (Lipinski definition) is 11. The lowest BCUT2D eigenvalue weighted by Gasteiger charge is -2.20. The van der Waals surface area contributed by atoms with Gasteiger partial charge in [0.15, 0.2) is 12.4 Å². The Bertz CT molecular complexity index is 1280. The number of aromatic amines is 1. The second-order valence-electron chi connectivity index (χ2n) is 7.99. The fourth-order valence-corrected chi connectivity index (χ4v) is 4.95. The average molecular weight is 518 g/mol. The summed E-state index contributed by atoms with van der Waals surface area (Å²) in [5, 5.41) is 37.4. The Morgan fingerprint density at radius 3 is 2.80 bits per heavy atom. The minimum absolute atomic E-state index is 0. The predicted octanol–water partition coefficient (Wildman–Crippen LogP) is -1.77. The highest BCUT2D eigenvalue weighted by molar-refractivity contribution is 7.21. The molecular formula is C22H24ClN7O4S. The van der Waals surface area contributed by atoms with Crippen LogP contribution >= 0.6 is 11.3 Å². The van der Waals surface area contributed by atoms with E-state index in [1.807, 2.05) is 18.5 Å². The van der Waals surface area contributed by atoms with Crippen molar-refractivity contribution in [2.24, 2.45) is 5.92 Å². The van der Waals surface area contributed by atoms with Crippen molar-refractivity contribution in [2.45, 2.75) is 24.7 Å². The molecule has 4 aromatic rings. The van der Waals surface area contributed by atoms with E-state index in [4.69, 9.17) is 9.72 Å². The zero-order valence-electron chi connectivity index (χ0n) is 18.6. The first-order chi connectivity index (χ1) is 16.6. The van der Waals surface area contributed by atoms with Gasteiger partial charge in [0.2, 0.25) is 11.8 Å². The molecule has 0 unspecified atom stereocenters. The fraction of sp³-hybridized carbons (Fsp3) is 0.318. The molecule has 6 N–H and O–H groups in total. The minimum atomic E-state index is -1.05. The SMILES string of the molecule is COc1cc(Nc2ncc(-c3nc4cc[nH+]cc4s3)c(N[C@@H]3C[C@H](CO)[C@@H](O)[C@H]3O)n2)ccn1.[Cl-]. The van der Waals surface area contributed by atoms with Gasteiger partial charge in [-0.2, -0.15) is 4.98 Å². The third-order valence-corrected chi connectivity index (χ3v) is 6.86. The molecular weight excluding hydrogens is 494 g/mol. The number of fused-ring (bicyclic) bond motifs is 1. The zero-order valence-corrected chi connectivity index (χ0v) is 20.2. The maximum absolute atomic E-state index is 10.5. The summed E-state index contributed by atoms with van der Waals surface area (Å²) < 4.78 is 6.15. The average Bonchev–Trinajstić information content (AvgIpc) is 3.40. The number of anilines is 3. The second kappa shape index (κ2) is 10.6. The standard InChI is InChI=1S/C22H23N7O4S.ClH/c1-33-17-7-12(2-5-24-17)26-22-25-8-13(21-28-14-3-4-23-9-16(14)34-21)20(29-22)27-15-6-11(10-30)18(31)19(15)32;/h2-5,7-9,11,15,18-19,30-32H,6,10H2,1H3,(H2,24,25,26,27,29);1H/t11-,15-,18-,19+;/m1./s1.